The van der Waals surface area contributed by atoms with Crippen molar-refractivity contribution < 1.29 is 23.8 Å². The number of nitrogens with one attached hydrogen (secondary N) is 2. The largest absolute Gasteiger partial charge is 0.378 e. The van der Waals surface area contributed by atoms with Gasteiger partial charge in [0, 0.05) is 39.3 Å². The van der Waals surface area contributed by atoms with Gasteiger partial charge in [-0.2, -0.15) is 0 Å². The van der Waals surface area contributed by atoms with Gasteiger partial charge in [-0.15, -0.1) is 0 Å². The molecule has 0 aromatic heterocycles. The first kappa shape index (κ1) is 25.7. The fourth-order valence-electron chi connectivity index (χ4n) is 1.97. The van der Waals surface area contributed by atoms with Crippen LogP contribution < -0.4 is 27.8 Å². The molecule has 8 N–H and O–H groups in total. The van der Waals surface area contributed by atoms with Gasteiger partial charge in [-0.1, -0.05) is 0 Å². The third-order valence-corrected chi connectivity index (χ3v) is 3.23. The molecule has 0 bridgehead atoms. The molecule has 0 unspecified atom stereocenters. The molecule has 0 aromatic rings. The van der Waals surface area contributed by atoms with Crippen LogP contribution in [0.15, 0.2) is 0 Å². The van der Waals surface area contributed by atoms with Gasteiger partial charge >= 0.3 is 0 Å². The van der Waals surface area contributed by atoms with Crippen LogP contribution in [-0.4, -0.2) is 109 Å². The van der Waals surface area contributed by atoms with Crippen LogP contribution >= 0.6 is 0 Å². The van der Waals surface area contributed by atoms with E-state index >= 15 is 0 Å². The van der Waals surface area contributed by atoms with E-state index in [0.717, 1.165) is 0 Å². The van der Waals surface area contributed by atoms with Crippen molar-refractivity contribution in [2.45, 2.75) is 0 Å². The summed E-state index contributed by atoms with van der Waals surface area (Å²) in [5.41, 5.74) is 16.0. The number of hydrogen-bond acceptors (Lipinski definition) is 9. The van der Waals surface area contributed by atoms with Crippen molar-refractivity contribution in [3.8, 4) is 0 Å². The summed E-state index contributed by atoms with van der Waals surface area (Å²) < 4.78 is 16.0. The number of ether oxygens (including phenoxy) is 3. The lowest BCUT2D eigenvalue weighted by atomic mass is 10.4. The summed E-state index contributed by atoms with van der Waals surface area (Å²) in [6.07, 6.45) is 0. The summed E-state index contributed by atoms with van der Waals surface area (Å²) in [6.45, 7) is 5.38. The van der Waals surface area contributed by atoms with Crippen LogP contribution in [0.2, 0.25) is 0 Å². The molecule has 27 heavy (non-hydrogen) atoms. The Labute approximate surface area is 161 Å². The Hall–Kier alpha value is -1.34. The van der Waals surface area contributed by atoms with Gasteiger partial charge in [0.25, 0.3) is 0 Å². The molecule has 0 atom stereocenters. The summed E-state index contributed by atoms with van der Waals surface area (Å²) >= 11 is 0. The molecular formula is C16H36N6O5. The van der Waals surface area contributed by atoms with Crippen molar-refractivity contribution in [3.05, 3.63) is 0 Å². The average molecular weight is 393 g/mol. The van der Waals surface area contributed by atoms with Crippen LogP contribution in [0.4, 0.5) is 0 Å². The monoisotopic (exact) mass is 392 g/mol. The lowest BCUT2D eigenvalue weighted by Gasteiger charge is -2.21. The van der Waals surface area contributed by atoms with E-state index in [1.807, 2.05) is 0 Å². The van der Waals surface area contributed by atoms with Crippen LogP contribution in [-0.2, 0) is 23.8 Å². The van der Waals surface area contributed by atoms with E-state index in [0.29, 0.717) is 78.9 Å². The first-order chi connectivity index (χ1) is 13.1. The van der Waals surface area contributed by atoms with Gasteiger partial charge < -0.3 is 42.0 Å². The highest BCUT2D eigenvalue weighted by Crippen LogP contribution is 1.90. The highest BCUT2D eigenvalue weighted by molar-refractivity contribution is 5.81. The molecule has 11 heteroatoms. The Morgan fingerprint density at radius 2 is 1.11 bits per heavy atom. The Bertz CT molecular complexity index is 353. The molecule has 0 saturated heterocycles. The number of rotatable bonds is 19. The van der Waals surface area contributed by atoms with Crippen molar-refractivity contribution >= 4 is 11.8 Å². The molecular weight excluding hydrogens is 356 g/mol. The van der Waals surface area contributed by atoms with Crippen molar-refractivity contribution in [2.24, 2.45) is 17.2 Å². The smallest absolute Gasteiger partial charge is 0.234 e. The molecule has 11 nitrogen and oxygen atoms in total. The third-order valence-electron chi connectivity index (χ3n) is 3.23. The quantitative estimate of drug-likeness (QED) is 0.140. The van der Waals surface area contributed by atoms with Crippen molar-refractivity contribution in [1.82, 2.24) is 15.5 Å². The second-order valence-electron chi connectivity index (χ2n) is 5.61. The number of nitrogens with zero attached hydrogens (tertiary/aromatic N) is 1. The molecule has 0 aliphatic carbocycles. The van der Waals surface area contributed by atoms with Crippen LogP contribution in [0.3, 0.4) is 0 Å². The maximum atomic E-state index is 11.8. The van der Waals surface area contributed by atoms with Gasteiger partial charge in [0.1, 0.15) is 0 Å². The van der Waals surface area contributed by atoms with Crippen molar-refractivity contribution in [2.75, 3.05) is 92.0 Å². The van der Waals surface area contributed by atoms with Gasteiger partial charge in [0.05, 0.1) is 52.7 Å². The van der Waals surface area contributed by atoms with E-state index in [2.05, 4.69) is 10.6 Å². The van der Waals surface area contributed by atoms with Gasteiger partial charge in [-0.25, -0.2) is 0 Å². The van der Waals surface area contributed by atoms with Crippen LogP contribution in [0, 0.1) is 0 Å². The van der Waals surface area contributed by atoms with E-state index in [1.54, 1.807) is 4.90 Å². The first-order valence-electron chi connectivity index (χ1n) is 9.23. The zero-order valence-corrected chi connectivity index (χ0v) is 16.1. The van der Waals surface area contributed by atoms with Crippen molar-refractivity contribution in [1.29, 1.82) is 0 Å². The summed E-state index contributed by atoms with van der Waals surface area (Å²) in [6, 6.07) is 0. The molecule has 0 heterocycles. The van der Waals surface area contributed by atoms with Gasteiger partial charge in [-0.05, 0) is 0 Å². The van der Waals surface area contributed by atoms with E-state index in [1.165, 1.54) is 0 Å². The number of carbonyl (C=O) groups excluding carboxylic acids is 2. The van der Waals surface area contributed by atoms with Crippen molar-refractivity contribution in [3.63, 3.8) is 0 Å². The number of amides is 2. The topological polar surface area (TPSA) is 167 Å². The highest BCUT2D eigenvalue weighted by Gasteiger charge is 2.14. The second kappa shape index (κ2) is 19.4. The predicted molar refractivity (Wildman–Crippen MR) is 102 cm³/mol. The number of carbonyl (C=O) groups is 2. The molecule has 160 valence electrons. The molecule has 0 fully saturated rings. The zero-order chi connectivity index (χ0) is 20.2. The fourth-order valence-corrected chi connectivity index (χ4v) is 1.97. The molecule has 0 saturated carbocycles. The molecule has 0 radical (unpaired) electrons. The maximum absolute atomic E-state index is 11.8. The molecule has 0 aromatic carbocycles. The average Bonchev–Trinajstić information content (AvgIpc) is 2.66. The molecule has 0 spiro atoms. The second-order valence-corrected chi connectivity index (χ2v) is 5.61. The molecule has 0 rings (SSSR count). The number of nitrogens with two attached hydrogens (primary N) is 3. The first-order valence-corrected chi connectivity index (χ1v) is 9.23. The molecule has 0 aliphatic heterocycles. The van der Waals surface area contributed by atoms with E-state index in [9.17, 15) is 9.59 Å². The summed E-state index contributed by atoms with van der Waals surface area (Å²) in [5, 5.41) is 5.36. The summed E-state index contributed by atoms with van der Waals surface area (Å²) in [7, 11) is 0. The van der Waals surface area contributed by atoms with Gasteiger partial charge in [0.2, 0.25) is 11.8 Å². The third kappa shape index (κ3) is 17.8. The minimum atomic E-state index is -0.187. The SMILES string of the molecule is NCCNC(=O)CN(CCOCCOCCOCCN)CC(=O)NCCN. The Morgan fingerprint density at radius 3 is 1.56 bits per heavy atom. The normalized spacial score (nSPS) is 11.0. The van der Waals surface area contributed by atoms with Crippen LogP contribution in [0.5, 0.6) is 0 Å². The minimum Gasteiger partial charge on any atom is -0.378 e. The molecule has 0 aliphatic rings. The standard InChI is InChI=1S/C16H36N6O5/c17-1-4-20-15(23)13-22(14-16(24)21-5-2-18)6-8-26-10-12-27-11-9-25-7-3-19/h1-14,17-19H2,(H,20,23)(H,21,24). The van der Waals surface area contributed by atoms with Gasteiger partial charge in [-0.3, -0.25) is 14.5 Å². The zero-order valence-electron chi connectivity index (χ0n) is 16.1. The fraction of sp³-hybridized carbons (Fsp3) is 0.875. The summed E-state index contributed by atoms with van der Waals surface area (Å²) in [5.74, 6) is -0.374. The molecule has 2 amide bonds. The predicted octanol–water partition coefficient (Wildman–Crippen LogP) is -3.55. The van der Waals surface area contributed by atoms with E-state index < -0.39 is 0 Å². The Balaban J connectivity index is 3.97. The van der Waals surface area contributed by atoms with E-state index in [-0.39, 0.29) is 24.9 Å². The minimum absolute atomic E-state index is 0.0917. The van der Waals surface area contributed by atoms with Gasteiger partial charge in [0.15, 0.2) is 0 Å². The van der Waals surface area contributed by atoms with Crippen LogP contribution in [0.1, 0.15) is 0 Å². The lowest BCUT2D eigenvalue weighted by Crippen LogP contribution is -2.45. The Morgan fingerprint density at radius 1 is 0.667 bits per heavy atom. The lowest BCUT2D eigenvalue weighted by molar-refractivity contribution is -0.125. The maximum Gasteiger partial charge on any atom is 0.234 e. The summed E-state index contributed by atoms with van der Waals surface area (Å²) in [4.78, 5) is 25.4. The van der Waals surface area contributed by atoms with E-state index in [4.69, 9.17) is 31.4 Å². The highest BCUT2D eigenvalue weighted by atomic mass is 16.5. The van der Waals surface area contributed by atoms with Crippen LogP contribution in [0.25, 0.3) is 0 Å². The Kier molecular flexibility index (Phi) is 18.5. The number of hydrogen-bond donors (Lipinski definition) is 5.